The van der Waals surface area contributed by atoms with Crippen LogP contribution in [0.25, 0.3) is 10.9 Å². The van der Waals surface area contributed by atoms with Crippen molar-refractivity contribution < 1.29 is 4.79 Å². The Morgan fingerprint density at radius 2 is 2.18 bits per heavy atom. The summed E-state index contributed by atoms with van der Waals surface area (Å²) in [6.45, 7) is 2.04. The number of carbonyl (C=O) groups excluding carboxylic acids is 1. The van der Waals surface area contributed by atoms with Gasteiger partial charge >= 0.3 is 0 Å². The summed E-state index contributed by atoms with van der Waals surface area (Å²) >= 11 is 0. The topological polar surface area (TPSA) is 63.5 Å². The predicted molar refractivity (Wildman–Crippen MR) is 65.5 cm³/mol. The summed E-state index contributed by atoms with van der Waals surface area (Å²) in [7, 11) is 0. The summed E-state index contributed by atoms with van der Waals surface area (Å²) in [5, 5.41) is 6.67. The van der Waals surface area contributed by atoms with Crippen molar-refractivity contribution in [2.75, 3.05) is 6.54 Å². The highest BCUT2D eigenvalue weighted by atomic mass is 16.3. The van der Waals surface area contributed by atoms with Crippen LogP contribution in [0.5, 0.6) is 0 Å². The fourth-order valence-electron chi connectivity index (χ4n) is 1.87. The molecule has 0 spiro atoms. The summed E-state index contributed by atoms with van der Waals surface area (Å²) in [4.78, 5) is 21.4. The van der Waals surface area contributed by atoms with Crippen molar-refractivity contribution in [3.8, 4) is 0 Å². The average molecular weight is 231 g/mol. The van der Waals surface area contributed by atoms with Crippen molar-refractivity contribution in [1.29, 1.82) is 0 Å². The van der Waals surface area contributed by atoms with E-state index in [-0.39, 0.29) is 5.91 Å². The molecule has 0 saturated heterocycles. The van der Waals surface area contributed by atoms with Crippen LogP contribution >= 0.6 is 0 Å². The molecule has 0 fully saturated rings. The smallest absolute Gasteiger partial charge is 0.216 e. The summed E-state index contributed by atoms with van der Waals surface area (Å²) in [6, 6.07) is 7.57. The van der Waals surface area contributed by atoms with Gasteiger partial charge in [-0.15, -0.1) is 4.91 Å². The van der Waals surface area contributed by atoms with Crippen LogP contribution in [0.1, 0.15) is 12.5 Å². The number of nitrogens with zero attached hydrogens (tertiary/aromatic N) is 2. The quantitative estimate of drug-likeness (QED) is 0.816. The third kappa shape index (κ3) is 2.33. The first kappa shape index (κ1) is 11.3. The maximum atomic E-state index is 10.8. The Hall–Kier alpha value is -2.17. The molecule has 0 bridgehead atoms. The van der Waals surface area contributed by atoms with E-state index in [9.17, 15) is 9.70 Å². The van der Waals surface area contributed by atoms with E-state index in [1.165, 1.54) is 11.6 Å². The number of nitrogens with one attached hydrogen (secondary N) is 1. The molecule has 2 aromatic rings. The Morgan fingerprint density at radius 1 is 1.41 bits per heavy atom. The highest BCUT2D eigenvalue weighted by Gasteiger charge is 2.07. The lowest BCUT2D eigenvalue weighted by Gasteiger charge is -2.00. The van der Waals surface area contributed by atoms with Crippen LogP contribution in [-0.2, 0) is 11.2 Å². The van der Waals surface area contributed by atoms with Gasteiger partial charge in [-0.05, 0) is 18.1 Å². The number of para-hydroxylation sites is 1. The molecule has 1 heterocycles. The minimum absolute atomic E-state index is 0.0535. The van der Waals surface area contributed by atoms with E-state index in [4.69, 9.17) is 0 Å². The van der Waals surface area contributed by atoms with Crippen LogP contribution in [-0.4, -0.2) is 17.1 Å². The molecule has 2 rings (SSSR count). The van der Waals surface area contributed by atoms with Crippen LogP contribution in [0.4, 0.5) is 0 Å². The molecule has 0 aliphatic carbocycles. The Bertz CT molecular complexity index is 560. The molecule has 5 heteroatoms. The lowest BCUT2D eigenvalue weighted by molar-refractivity contribution is -0.118. The van der Waals surface area contributed by atoms with Crippen LogP contribution in [0.3, 0.4) is 0 Å². The number of hydrogen-bond acceptors (Lipinski definition) is 3. The largest absolute Gasteiger partial charge is 0.356 e. The first-order chi connectivity index (χ1) is 8.22. The van der Waals surface area contributed by atoms with E-state index in [0.717, 1.165) is 16.5 Å². The van der Waals surface area contributed by atoms with Gasteiger partial charge in [0.2, 0.25) is 5.91 Å². The lowest BCUT2D eigenvalue weighted by Crippen LogP contribution is -2.22. The van der Waals surface area contributed by atoms with Gasteiger partial charge < -0.3 is 5.32 Å². The van der Waals surface area contributed by atoms with Gasteiger partial charge in [0, 0.05) is 25.1 Å². The second-order valence-corrected chi connectivity index (χ2v) is 3.83. The standard InChI is InChI=1S/C12H13N3O2/c1-9(16)13-7-6-10-8-15(14-17)12-5-3-2-4-11(10)12/h2-5,8H,6-7H2,1H3,(H,13,16). The molecule has 0 radical (unpaired) electrons. The SMILES string of the molecule is CC(=O)NCCc1cn(N=O)c2ccccc12. The zero-order chi connectivity index (χ0) is 12.3. The Balaban J connectivity index is 2.27. The predicted octanol–water partition coefficient (Wildman–Crippen LogP) is 1.85. The molecule has 5 nitrogen and oxygen atoms in total. The maximum Gasteiger partial charge on any atom is 0.216 e. The number of fused-ring (bicyclic) bond motifs is 1. The second-order valence-electron chi connectivity index (χ2n) is 3.83. The zero-order valence-electron chi connectivity index (χ0n) is 9.51. The Kier molecular flexibility index (Phi) is 3.18. The van der Waals surface area contributed by atoms with E-state index in [1.807, 2.05) is 24.3 Å². The molecule has 88 valence electrons. The van der Waals surface area contributed by atoms with Gasteiger partial charge in [0.25, 0.3) is 0 Å². The molecule has 1 aromatic heterocycles. The van der Waals surface area contributed by atoms with Crippen LogP contribution in [0.2, 0.25) is 0 Å². The molecule has 0 atom stereocenters. The van der Waals surface area contributed by atoms with Crippen molar-refractivity contribution in [2.45, 2.75) is 13.3 Å². The number of nitroso groups, excluding NO2 is 1. The number of carbonyl (C=O) groups is 1. The van der Waals surface area contributed by atoms with Gasteiger partial charge in [-0.1, -0.05) is 18.2 Å². The van der Waals surface area contributed by atoms with Gasteiger partial charge in [0.05, 0.1) is 10.8 Å². The molecular weight excluding hydrogens is 218 g/mol. The molecule has 0 saturated carbocycles. The van der Waals surface area contributed by atoms with Crippen LogP contribution in [0, 0.1) is 4.91 Å². The third-order valence-electron chi connectivity index (χ3n) is 2.63. The fraction of sp³-hybridized carbons (Fsp3) is 0.250. The minimum Gasteiger partial charge on any atom is -0.356 e. The monoisotopic (exact) mass is 231 g/mol. The normalized spacial score (nSPS) is 10.4. The first-order valence-corrected chi connectivity index (χ1v) is 5.39. The molecule has 1 N–H and O–H groups in total. The van der Waals surface area contributed by atoms with Gasteiger partial charge in [-0.25, -0.2) is 4.68 Å². The first-order valence-electron chi connectivity index (χ1n) is 5.39. The third-order valence-corrected chi connectivity index (χ3v) is 2.63. The highest BCUT2D eigenvalue weighted by molar-refractivity contribution is 5.84. The van der Waals surface area contributed by atoms with E-state index >= 15 is 0 Å². The number of rotatable bonds is 4. The summed E-state index contributed by atoms with van der Waals surface area (Å²) in [5.41, 5.74) is 1.80. The second kappa shape index (κ2) is 4.78. The maximum absolute atomic E-state index is 10.8. The highest BCUT2D eigenvalue weighted by Crippen LogP contribution is 2.21. The van der Waals surface area contributed by atoms with Crippen molar-refractivity contribution in [3.05, 3.63) is 40.9 Å². The molecule has 0 unspecified atom stereocenters. The van der Waals surface area contributed by atoms with E-state index in [0.29, 0.717) is 13.0 Å². The number of aromatic nitrogens is 1. The Morgan fingerprint density at radius 3 is 2.88 bits per heavy atom. The van der Waals surface area contributed by atoms with Gasteiger partial charge in [0.15, 0.2) is 0 Å². The van der Waals surface area contributed by atoms with Crippen molar-refractivity contribution in [1.82, 2.24) is 9.99 Å². The van der Waals surface area contributed by atoms with E-state index in [2.05, 4.69) is 10.6 Å². The fourth-order valence-corrected chi connectivity index (χ4v) is 1.87. The molecule has 17 heavy (non-hydrogen) atoms. The Labute approximate surface area is 98.4 Å². The van der Waals surface area contributed by atoms with Crippen molar-refractivity contribution in [3.63, 3.8) is 0 Å². The number of benzene rings is 1. The van der Waals surface area contributed by atoms with Gasteiger partial charge in [0.1, 0.15) is 0 Å². The molecular formula is C12H13N3O2. The van der Waals surface area contributed by atoms with E-state index < -0.39 is 0 Å². The summed E-state index contributed by atoms with van der Waals surface area (Å²) in [5.74, 6) is -0.0535. The number of hydrogen-bond donors (Lipinski definition) is 1. The molecule has 1 aromatic carbocycles. The van der Waals surface area contributed by atoms with Crippen molar-refractivity contribution >= 4 is 16.8 Å². The molecule has 1 amide bonds. The summed E-state index contributed by atoms with van der Waals surface area (Å²) in [6.07, 6.45) is 2.39. The molecule has 0 aliphatic rings. The van der Waals surface area contributed by atoms with Gasteiger partial charge in [-0.3, -0.25) is 4.79 Å². The van der Waals surface area contributed by atoms with Crippen molar-refractivity contribution in [2.24, 2.45) is 5.29 Å². The van der Waals surface area contributed by atoms with Gasteiger partial charge in [-0.2, -0.15) is 0 Å². The number of amides is 1. The van der Waals surface area contributed by atoms with E-state index in [1.54, 1.807) is 6.20 Å². The minimum atomic E-state index is -0.0535. The summed E-state index contributed by atoms with van der Waals surface area (Å²) < 4.78 is 1.32. The lowest BCUT2D eigenvalue weighted by atomic mass is 10.1. The average Bonchev–Trinajstić information content (AvgIpc) is 2.68. The van der Waals surface area contributed by atoms with Crippen LogP contribution < -0.4 is 5.32 Å². The molecule has 0 aliphatic heterocycles. The zero-order valence-corrected chi connectivity index (χ0v) is 9.51. The van der Waals surface area contributed by atoms with Crippen LogP contribution in [0.15, 0.2) is 35.7 Å².